The third-order valence-electron chi connectivity index (χ3n) is 6.00. The number of amides is 1. The summed E-state index contributed by atoms with van der Waals surface area (Å²) in [6.07, 6.45) is 1.25. The monoisotopic (exact) mass is 474 g/mol. The van der Waals surface area contributed by atoms with E-state index in [2.05, 4.69) is 20.6 Å². The number of benzene rings is 4. The quantitative estimate of drug-likeness (QED) is 0.335. The molecule has 3 N–H and O–H groups in total. The van der Waals surface area contributed by atoms with E-state index >= 15 is 0 Å². The van der Waals surface area contributed by atoms with E-state index in [9.17, 15) is 9.59 Å². The van der Waals surface area contributed by atoms with Crippen molar-refractivity contribution >= 4 is 28.3 Å². The van der Waals surface area contributed by atoms with Crippen molar-refractivity contribution < 1.29 is 4.79 Å². The van der Waals surface area contributed by atoms with Crippen LogP contribution in [0.25, 0.3) is 11.0 Å². The summed E-state index contributed by atoms with van der Waals surface area (Å²) < 4.78 is 0. The second-order valence-corrected chi connectivity index (χ2v) is 8.61. The Morgan fingerprint density at radius 1 is 0.667 bits per heavy atom. The van der Waals surface area contributed by atoms with Crippen molar-refractivity contribution in [3.8, 4) is 0 Å². The summed E-state index contributed by atoms with van der Waals surface area (Å²) in [7, 11) is 0. The van der Waals surface area contributed by atoms with Gasteiger partial charge in [-0.25, -0.2) is 4.98 Å². The van der Waals surface area contributed by atoms with Crippen LogP contribution < -0.4 is 16.2 Å². The second-order valence-electron chi connectivity index (χ2n) is 8.61. The largest absolute Gasteiger partial charge is 0.372 e. The molecule has 1 aliphatic heterocycles. The van der Waals surface area contributed by atoms with E-state index in [0.29, 0.717) is 18.5 Å². The Kier molecular flexibility index (Phi) is 6.85. The third kappa shape index (κ3) is 5.50. The summed E-state index contributed by atoms with van der Waals surface area (Å²) in [5.41, 5.74) is 6.12. The zero-order chi connectivity index (χ0) is 24.7. The van der Waals surface area contributed by atoms with Crippen molar-refractivity contribution in [2.24, 2.45) is 0 Å². The van der Waals surface area contributed by atoms with E-state index in [1.807, 2.05) is 109 Å². The van der Waals surface area contributed by atoms with E-state index < -0.39 is 0 Å². The van der Waals surface area contributed by atoms with Gasteiger partial charge in [0.05, 0.1) is 22.4 Å². The number of nitrogens with one attached hydrogen (secondary N) is 3. The Morgan fingerprint density at radius 2 is 1.28 bits per heavy atom. The van der Waals surface area contributed by atoms with Gasteiger partial charge in [0, 0.05) is 12.8 Å². The van der Waals surface area contributed by atoms with E-state index in [0.717, 1.165) is 33.5 Å². The summed E-state index contributed by atoms with van der Waals surface area (Å²) >= 11 is 0. The van der Waals surface area contributed by atoms with Gasteiger partial charge >= 0.3 is 0 Å². The van der Waals surface area contributed by atoms with Crippen LogP contribution in [0.1, 0.15) is 16.8 Å². The molecule has 0 spiro atoms. The molecule has 0 aliphatic carbocycles. The van der Waals surface area contributed by atoms with Gasteiger partial charge in [0.15, 0.2) is 0 Å². The molecular weight excluding hydrogens is 448 g/mol. The fourth-order valence-corrected chi connectivity index (χ4v) is 4.16. The van der Waals surface area contributed by atoms with Gasteiger partial charge < -0.3 is 15.6 Å². The molecule has 2 heterocycles. The number of fused-ring (bicyclic) bond motifs is 2. The van der Waals surface area contributed by atoms with Crippen LogP contribution in [0.2, 0.25) is 0 Å². The number of aromatic nitrogens is 2. The molecule has 6 rings (SSSR count). The first-order valence-corrected chi connectivity index (χ1v) is 11.9. The smallest absolute Gasteiger partial charge is 0.270 e. The van der Waals surface area contributed by atoms with Crippen molar-refractivity contribution in [2.45, 2.75) is 18.9 Å². The second kappa shape index (κ2) is 10.7. The zero-order valence-corrected chi connectivity index (χ0v) is 19.6. The summed E-state index contributed by atoms with van der Waals surface area (Å²) in [6, 6.07) is 35.0. The molecule has 5 aromatic rings. The van der Waals surface area contributed by atoms with E-state index in [1.165, 1.54) is 0 Å². The average Bonchev–Trinajstić information content (AvgIpc) is 2.91. The molecule has 1 atom stereocenters. The fraction of sp³-hybridized carbons (Fsp3) is 0.100. The number of hydrogen-bond donors (Lipinski definition) is 3. The number of nitrogens with zero attached hydrogens (tertiary/aromatic N) is 1. The Hall–Kier alpha value is -4.71. The number of anilines is 2. The van der Waals surface area contributed by atoms with Gasteiger partial charge in [-0.3, -0.25) is 9.59 Å². The first kappa shape index (κ1) is 23.1. The maximum atomic E-state index is 12.0. The van der Waals surface area contributed by atoms with Crippen molar-refractivity contribution in [3.63, 3.8) is 0 Å². The molecule has 1 amide bonds. The van der Waals surface area contributed by atoms with Gasteiger partial charge in [-0.1, -0.05) is 84.9 Å². The van der Waals surface area contributed by atoms with Crippen molar-refractivity contribution in [1.29, 1.82) is 0 Å². The minimum atomic E-state index is -0.206. The van der Waals surface area contributed by atoms with Crippen LogP contribution in [0.5, 0.6) is 0 Å². The Morgan fingerprint density at radius 3 is 2.03 bits per heavy atom. The Bertz CT molecular complexity index is 1530. The molecular formula is C30H26N4O2. The maximum Gasteiger partial charge on any atom is 0.270 e. The van der Waals surface area contributed by atoms with Gasteiger partial charge in [0.2, 0.25) is 5.91 Å². The molecule has 0 fully saturated rings. The topological polar surface area (TPSA) is 86.9 Å². The summed E-state index contributed by atoms with van der Waals surface area (Å²) in [5, 5.41) is 6.21. The fourth-order valence-electron chi connectivity index (χ4n) is 4.16. The highest BCUT2D eigenvalue weighted by Crippen LogP contribution is 2.26. The summed E-state index contributed by atoms with van der Waals surface area (Å²) in [5.74, 6) is 0.0255. The molecule has 1 aliphatic rings. The van der Waals surface area contributed by atoms with Crippen molar-refractivity contribution in [1.82, 2.24) is 9.97 Å². The Labute approximate surface area is 209 Å². The molecule has 0 bridgehead atoms. The molecule has 4 aromatic carbocycles. The molecule has 0 unspecified atom stereocenters. The third-order valence-corrected chi connectivity index (χ3v) is 6.00. The molecule has 0 saturated heterocycles. The first-order chi connectivity index (χ1) is 17.7. The number of carbonyl (C=O) groups excluding carboxylic acids is 1. The van der Waals surface area contributed by atoms with Crippen LogP contribution in [0, 0.1) is 0 Å². The molecule has 6 heteroatoms. The molecule has 1 aromatic heterocycles. The van der Waals surface area contributed by atoms with Gasteiger partial charge in [0.1, 0.15) is 11.7 Å². The van der Waals surface area contributed by atoms with Crippen LogP contribution in [0.15, 0.2) is 114 Å². The minimum absolute atomic E-state index is 0.0255. The highest BCUT2D eigenvalue weighted by atomic mass is 16.2. The van der Waals surface area contributed by atoms with Crippen LogP contribution >= 0.6 is 0 Å². The predicted octanol–water partition coefficient (Wildman–Crippen LogP) is 5.18. The van der Waals surface area contributed by atoms with Crippen LogP contribution in [0.3, 0.4) is 0 Å². The standard InChI is InChI=1S/C15H14N2O.C15H12N2O/c2*18-15-14(10-11-6-2-1-3-7-11)16-12-8-4-5-9-13(12)17-15/h1-9,14,16H,10H2,(H,17,18);1-9H,10H2,(H,17,18)/t14-;/m0./s1. The van der Waals surface area contributed by atoms with Crippen molar-refractivity contribution in [3.05, 3.63) is 136 Å². The molecule has 0 saturated carbocycles. The van der Waals surface area contributed by atoms with Gasteiger partial charge in [0.25, 0.3) is 5.56 Å². The number of aromatic amines is 1. The molecule has 6 nitrogen and oxygen atoms in total. The SMILES string of the molecule is O=C1Nc2ccccc2N[C@H]1Cc1ccccc1.O=c1[nH]c2ccccc2nc1Cc1ccccc1. The highest BCUT2D eigenvalue weighted by Gasteiger charge is 2.24. The summed E-state index contributed by atoms with van der Waals surface area (Å²) in [6.45, 7) is 0. The number of para-hydroxylation sites is 4. The van der Waals surface area contributed by atoms with Gasteiger partial charge in [-0.15, -0.1) is 0 Å². The number of rotatable bonds is 4. The van der Waals surface area contributed by atoms with Crippen LogP contribution in [-0.4, -0.2) is 21.9 Å². The number of hydrogen-bond acceptors (Lipinski definition) is 4. The van der Waals surface area contributed by atoms with Crippen LogP contribution in [-0.2, 0) is 17.6 Å². The molecule has 178 valence electrons. The van der Waals surface area contributed by atoms with Gasteiger partial charge in [-0.2, -0.15) is 0 Å². The number of carbonyl (C=O) groups is 1. The van der Waals surface area contributed by atoms with E-state index in [4.69, 9.17) is 0 Å². The predicted molar refractivity (Wildman–Crippen MR) is 144 cm³/mol. The van der Waals surface area contributed by atoms with Gasteiger partial charge in [-0.05, 0) is 35.4 Å². The normalized spacial score (nSPS) is 14.1. The van der Waals surface area contributed by atoms with E-state index in [-0.39, 0.29) is 17.5 Å². The Balaban J connectivity index is 0.000000148. The number of H-pyrrole nitrogens is 1. The lowest BCUT2D eigenvalue weighted by atomic mass is 10.0. The minimum Gasteiger partial charge on any atom is -0.372 e. The lowest BCUT2D eigenvalue weighted by Gasteiger charge is -2.26. The van der Waals surface area contributed by atoms with Crippen molar-refractivity contribution in [2.75, 3.05) is 10.6 Å². The zero-order valence-electron chi connectivity index (χ0n) is 19.6. The summed E-state index contributed by atoms with van der Waals surface area (Å²) in [4.78, 5) is 31.2. The maximum absolute atomic E-state index is 12.0. The molecule has 36 heavy (non-hydrogen) atoms. The lowest BCUT2D eigenvalue weighted by molar-refractivity contribution is -0.117. The lowest BCUT2D eigenvalue weighted by Crippen LogP contribution is -2.40. The van der Waals surface area contributed by atoms with Crippen LogP contribution in [0.4, 0.5) is 11.4 Å². The highest BCUT2D eigenvalue weighted by molar-refractivity contribution is 6.03. The van der Waals surface area contributed by atoms with E-state index in [1.54, 1.807) is 0 Å². The average molecular weight is 475 g/mol. The first-order valence-electron chi connectivity index (χ1n) is 11.9. The molecule has 0 radical (unpaired) electrons.